The van der Waals surface area contributed by atoms with Crippen LogP contribution in [0.3, 0.4) is 0 Å². The summed E-state index contributed by atoms with van der Waals surface area (Å²) in [5, 5.41) is 5.10. The molecule has 0 fully saturated rings. The molecule has 2 aromatic carbocycles. The second-order valence-corrected chi connectivity index (χ2v) is 9.58. The van der Waals surface area contributed by atoms with Crippen molar-refractivity contribution in [3.8, 4) is 0 Å². The molecule has 2 aliphatic rings. The number of carbonyl (C=O) groups excluding carboxylic acids is 3. The summed E-state index contributed by atoms with van der Waals surface area (Å²) in [5.41, 5.74) is 1.48. The van der Waals surface area contributed by atoms with E-state index in [1.165, 1.54) is 31.2 Å². The monoisotopic (exact) mass is 439 g/mol. The highest BCUT2D eigenvalue weighted by atomic mass is 32.2. The van der Waals surface area contributed by atoms with Crippen LogP contribution in [0.5, 0.6) is 0 Å². The summed E-state index contributed by atoms with van der Waals surface area (Å²) in [5.74, 6) is -2.05. The molecule has 2 atom stereocenters. The van der Waals surface area contributed by atoms with Crippen molar-refractivity contribution in [1.82, 2.24) is 15.5 Å². The van der Waals surface area contributed by atoms with Crippen LogP contribution in [0, 0.1) is 12.8 Å². The summed E-state index contributed by atoms with van der Waals surface area (Å²) in [6, 6.07) is 12.0. The van der Waals surface area contributed by atoms with Crippen LogP contribution in [0.1, 0.15) is 40.1 Å². The number of aryl methyl sites for hydroxylation is 1. The fourth-order valence-electron chi connectivity index (χ4n) is 4.05. The topological polar surface area (TPSA) is 113 Å². The molecule has 0 spiro atoms. The Bertz CT molecular complexity index is 1210. The number of benzene rings is 2. The van der Waals surface area contributed by atoms with Gasteiger partial charge in [0.2, 0.25) is 9.84 Å². The van der Waals surface area contributed by atoms with Crippen LogP contribution in [-0.2, 0) is 9.84 Å². The number of nitrogens with zero attached hydrogens (tertiary/aromatic N) is 1. The number of urea groups is 1. The zero-order chi connectivity index (χ0) is 22.5. The van der Waals surface area contributed by atoms with Crippen molar-refractivity contribution in [3.05, 3.63) is 75.8 Å². The minimum absolute atomic E-state index is 0.0590. The lowest BCUT2D eigenvalue weighted by atomic mass is 10.1. The van der Waals surface area contributed by atoms with E-state index in [9.17, 15) is 22.8 Å². The summed E-state index contributed by atoms with van der Waals surface area (Å²) in [7, 11) is -4.01. The van der Waals surface area contributed by atoms with E-state index in [2.05, 4.69) is 10.6 Å². The number of fused-ring (bicyclic) bond motifs is 1. The molecular weight excluding hydrogens is 418 g/mol. The molecule has 0 saturated heterocycles. The second-order valence-electron chi connectivity index (χ2n) is 7.66. The summed E-state index contributed by atoms with van der Waals surface area (Å²) in [6.45, 7) is 4.91. The van der Waals surface area contributed by atoms with Crippen LogP contribution in [0.4, 0.5) is 4.79 Å². The van der Waals surface area contributed by atoms with E-state index in [4.69, 9.17) is 0 Å². The number of amides is 4. The van der Waals surface area contributed by atoms with E-state index in [-0.39, 0.29) is 26.6 Å². The summed E-state index contributed by atoms with van der Waals surface area (Å²) >= 11 is 0. The minimum atomic E-state index is -4.01. The first-order chi connectivity index (χ1) is 14.6. The maximum atomic E-state index is 13.5. The molecule has 4 rings (SSSR count). The molecule has 0 radical (unpaired) electrons. The molecule has 0 bridgehead atoms. The molecule has 31 heavy (non-hydrogen) atoms. The van der Waals surface area contributed by atoms with Crippen molar-refractivity contribution in [1.29, 1.82) is 0 Å². The van der Waals surface area contributed by atoms with E-state index < -0.39 is 39.8 Å². The SMILES string of the molecule is CC1=C(S(=O)(=O)c2ccc(C)cc2)[C@@H](C)[C@H](N2C(=O)c3ccccc3C2=O)NC(=O)N1. The van der Waals surface area contributed by atoms with Gasteiger partial charge in [-0.3, -0.25) is 14.5 Å². The van der Waals surface area contributed by atoms with Gasteiger partial charge in [0.1, 0.15) is 6.17 Å². The molecule has 0 aromatic heterocycles. The fraction of sp³-hybridized carbons (Fsp3) is 0.227. The zero-order valence-electron chi connectivity index (χ0n) is 17.2. The smallest absolute Gasteiger partial charge is 0.316 e. The third kappa shape index (κ3) is 3.31. The lowest BCUT2D eigenvalue weighted by Crippen LogP contribution is -2.55. The van der Waals surface area contributed by atoms with Crippen LogP contribution in [0.15, 0.2) is 64.0 Å². The fourth-order valence-corrected chi connectivity index (χ4v) is 5.87. The number of carbonyl (C=O) groups is 3. The van der Waals surface area contributed by atoms with E-state index in [0.29, 0.717) is 0 Å². The van der Waals surface area contributed by atoms with E-state index in [1.807, 2.05) is 6.92 Å². The van der Waals surface area contributed by atoms with Crippen molar-refractivity contribution in [3.63, 3.8) is 0 Å². The Kier molecular flexibility index (Phi) is 4.93. The summed E-state index contributed by atoms with van der Waals surface area (Å²) < 4.78 is 27.0. The highest BCUT2D eigenvalue weighted by Crippen LogP contribution is 2.35. The molecule has 0 saturated carbocycles. The molecule has 0 unspecified atom stereocenters. The maximum Gasteiger partial charge on any atom is 0.320 e. The van der Waals surface area contributed by atoms with Gasteiger partial charge in [-0.1, -0.05) is 36.8 Å². The Morgan fingerprint density at radius 3 is 1.97 bits per heavy atom. The Hall–Kier alpha value is -3.46. The van der Waals surface area contributed by atoms with Gasteiger partial charge in [0.15, 0.2) is 0 Å². The second kappa shape index (κ2) is 7.35. The molecule has 2 heterocycles. The van der Waals surface area contributed by atoms with Gasteiger partial charge in [-0.05, 0) is 38.1 Å². The molecule has 8 nitrogen and oxygen atoms in total. The van der Waals surface area contributed by atoms with Crippen molar-refractivity contribution in [2.75, 3.05) is 0 Å². The number of allylic oxidation sites excluding steroid dienone is 1. The predicted molar refractivity (Wildman–Crippen MR) is 113 cm³/mol. The number of nitrogens with one attached hydrogen (secondary N) is 2. The molecule has 9 heteroatoms. The molecule has 2 aliphatic heterocycles. The third-order valence-corrected chi connectivity index (χ3v) is 7.71. The zero-order valence-corrected chi connectivity index (χ0v) is 18.0. The van der Waals surface area contributed by atoms with Gasteiger partial charge in [-0.25, -0.2) is 13.2 Å². The normalized spacial score (nSPS) is 21.5. The van der Waals surface area contributed by atoms with Gasteiger partial charge in [0, 0.05) is 11.6 Å². The van der Waals surface area contributed by atoms with Crippen molar-refractivity contribution < 1.29 is 22.8 Å². The average molecular weight is 439 g/mol. The van der Waals surface area contributed by atoms with Crippen LogP contribution >= 0.6 is 0 Å². The van der Waals surface area contributed by atoms with Crippen molar-refractivity contribution >= 4 is 27.7 Å². The number of rotatable bonds is 3. The number of sulfone groups is 1. The standard InChI is InChI=1S/C22H21N3O5S/c1-12-8-10-15(11-9-12)31(29,30)18-13(2)19(24-22(28)23-14(18)3)25-20(26)16-6-4-5-7-17(16)21(25)27/h4-11,13,19H,1-3H3,(H2,23,24,28)/t13-,19+/m1/s1. The van der Waals surface area contributed by atoms with Gasteiger partial charge in [-0.15, -0.1) is 0 Å². The Morgan fingerprint density at radius 1 is 0.871 bits per heavy atom. The van der Waals surface area contributed by atoms with Crippen molar-refractivity contribution in [2.24, 2.45) is 5.92 Å². The third-order valence-electron chi connectivity index (χ3n) is 5.56. The highest BCUT2D eigenvalue weighted by molar-refractivity contribution is 7.95. The Morgan fingerprint density at radius 2 is 1.42 bits per heavy atom. The van der Waals surface area contributed by atoms with E-state index >= 15 is 0 Å². The van der Waals surface area contributed by atoms with Gasteiger partial charge >= 0.3 is 6.03 Å². The Labute approximate surface area is 179 Å². The largest absolute Gasteiger partial charge is 0.320 e. The molecule has 0 aliphatic carbocycles. The maximum absolute atomic E-state index is 13.5. The Balaban J connectivity index is 1.81. The lowest BCUT2D eigenvalue weighted by molar-refractivity contribution is 0.0528. The number of hydrogen-bond acceptors (Lipinski definition) is 5. The highest BCUT2D eigenvalue weighted by Gasteiger charge is 2.46. The van der Waals surface area contributed by atoms with Crippen LogP contribution in [0.2, 0.25) is 0 Å². The van der Waals surface area contributed by atoms with Crippen LogP contribution < -0.4 is 10.6 Å². The number of imide groups is 1. The average Bonchev–Trinajstić information content (AvgIpc) is 2.89. The first kappa shape index (κ1) is 20.8. The quantitative estimate of drug-likeness (QED) is 0.714. The van der Waals surface area contributed by atoms with E-state index in [0.717, 1.165) is 10.5 Å². The summed E-state index contributed by atoms with van der Waals surface area (Å²) in [6.07, 6.45) is -1.18. The van der Waals surface area contributed by atoms with E-state index in [1.54, 1.807) is 31.2 Å². The number of hydrogen-bond donors (Lipinski definition) is 2. The van der Waals surface area contributed by atoms with Gasteiger partial charge in [-0.2, -0.15) is 0 Å². The molecule has 2 aromatic rings. The summed E-state index contributed by atoms with van der Waals surface area (Å²) in [4.78, 5) is 39.3. The minimum Gasteiger partial charge on any atom is -0.316 e. The van der Waals surface area contributed by atoms with Crippen molar-refractivity contribution in [2.45, 2.75) is 31.8 Å². The van der Waals surface area contributed by atoms with Crippen LogP contribution in [-0.4, -0.2) is 37.3 Å². The van der Waals surface area contributed by atoms with Gasteiger partial charge < -0.3 is 10.6 Å². The molecule has 2 N–H and O–H groups in total. The van der Waals surface area contributed by atoms with Crippen LogP contribution in [0.25, 0.3) is 0 Å². The van der Waals surface area contributed by atoms with Gasteiger partial charge in [0.25, 0.3) is 11.8 Å². The molecule has 160 valence electrons. The first-order valence-electron chi connectivity index (χ1n) is 9.70. The molecular formula is C22H21N3O5S. The lowest BCUT2D eigenvalue weighted by Gasteiger charge is -2.31. The predicted octanol–water partition coefficient (Wildman–Crippen LogP) is 2.57. The first-order valence-corrected chi connectivity index (χ1v) is 11.2. The van der Waals surface area contributed by atoms with Gasteiger partial charge in [0.05, 0.1) is 20.9 Å². The molecule has 4 amide bonds.